The Hall–Kier alpha value is -1.64. The lowest BCUT2D eigenvalue weighted by Gasteiger charge is -2.14. The van der Waals surface area contributed by atoms with Crippen molar-refractivity contribution in [1.82, 2.24) is 15.4 Å². The summed E-state index contributed by atoms with van der Waals surface area (Å²) in [5.74, 6) is 0.748. The van der Waals surface area contributed by atoms with Crippen molar-refractivity contribution in [3.05, 3.63) is 29.8 Å². The van der Waals surface area contributed by atoms with E-state index in [-0.39, 0.29) is 17.0 Å². The predicted molar refractivity (Wildman–Crippen MR) is 104 cm³/mol. The zero-order valence-electron chi connectivity index (χ0n) is 15.8. The van der Waals surface area contributed by atoms with Gasteiger partial charge >= 0.3 is 0 Å². The monoisotopic (exact) mass is 382 g/mol. The van der Waals surface area contributed by atoms with Gasteiger partial charge in [-0.3, -0.25) is 0 Å². The van der Waals surface area contributed by atoms with Gasteiger partial charge in [-0.25, -0.2) is 18.1 Å². The zero-order chi connectivity index (χ0) is 19.0. The minimum atomic E-state index is -3.51. The summed E-state index contributed by atoms with van der Waals surface area (Å²) < 4.78 is 32.8. The number of rotatable bonds is 8. The molecule has 1 saturated heterocycles. The van der Waals surface area contributed by atoms with E-state index in [1.165, 1.54) is 0 Å². The molecular weight excluding hydrogens is 352 g/mol. The third kappa shape index (κ3) is 6.59. The molecule has 1 unspecified atom stereocenters. The first-order chi connectivity index (χ1) is 12.4. The van der Waals surface area contributed by atoms with E-state index < -0.39 is 10.0 Å². The molecule has 7 nitrogen and oxygen atoms in total. The number of guanidine groups is 1. The molecule has 3 N–H and O–H groups in total. The number of hydrogen-bond acceptors (Lipinski definition) is 4. The van der Waals surface area contributed by atoms with Crippen molar-refractivity contribution in [1.29, 1.82) is 0 Å². The van der Waals surface area contributed by atoms with Crippen LogP contribution in [0.4, 0.5) is 0 Å². The highest BCUT2D eigenvalue weighted by molar-refractivity contribution is 7.89. The van der Waals surface area contributed by atoms with Crippen molar-refractivity contribution >= 4 is 16.0 Å². The molecule has 0 bridgehead atoms. The molecule has 1 aromatic carbocycles. The Morgan fingerprint density at radius 1 is 1.31 bits per heavy atom. The molecule has 1 fully saturated rings. The fraction of sp³-hybridized carbons (Fsp3) is 0.611. The van der Waals surface area contributed by atoms with Crippen molar-refractivity contribution in [2.45, 2.75) is 57.2 Å². The average Bonchev–Trinajstić information content (AvgIpc) is 3.12. The van der Waals surface area contributed by atoms with Gasteiger partial charge in [0.15, 0.2) is 5.96 Å². The summed E-state index contributed by atoms with van der Waals surface area (Å²) in [6.07, 6.45) is 1.87. The first kappa shape index (κ1) is 20.7. The van der Waals surface area contributed by atoms with Gasteiger partial charge in [0.2, 0.25) is 10.0 Å². The quantitative estimate of drug-likeness (QED) is 0.469. The molecule has 0 aliphatic carbocycles. The Balaban J connectivity index is 1.95. The van der Waals surface area contributed by atoms with Gasteiger partial charge in [-0.2, -0.15) is 0 Å². The van der Waals surface area contributed by atoms with Crippen molar-refractivity contribution < 1.29 is 13.2 Å². The number of nitrogens with zero attached hydrogens (tertiary/aromatic N) is 1. The summed E-state index contributed by atoms with van der Waals surface area (Å²) in [6.45, 7) is 8.41. The molecule has 0 amide bonds. The smallest absolute Gasteiger partial charge is 0.240 e. The van der Waals surface area contributed by atoms with E-state index in [4.69, 9.17) is 4.74 Å². The van der Waals surface area contributed by atoms with Crippen LogP contribution in [0.2, 0.25) is 0 Å². The number of aliphatic imine (C=N–C) groups is 1. The number of hydrogen-bond donors (Lipinski definition) is 3. The Morgan fingerprint density at radius 3 is 2.62 bits per heavy atom. The van der Waals surface area contributed by atoms with Crippen LogP contribution in [0.15, 0.2) is 34.2 Å². The van der Waals surface area contributed by atoms with Crippen LogP contribution in [0.3, 0.4) is 0 Å². The van der Waals surface area contributed by atoms with Crippen LogP contribution >= 0.6 is 0 Å². The highest BCUT2D eigenvalue weighted by Gasteiger charge is 2.20. The fourth-order valence-corrected chi connectivity index (χ4v) is 3.70. The van der Waals surface area contributed by atoms with Crippen molar-refractivity contribution in [3.8, 4) is 0 Å². The lowest BCUT2D eigenvalue weighted by molar-refractivity contribution is 0.114. The standard InChI is InChI=1S/C18H30N4O3S/c1-4-19-18(22-14(2)3)20-12-15-7-9-17(10-8-15)26(23,24)21-13-16-6-5-11-25-16/h7-10,14,16,21H,4-6,11-13H2,1-3H3,(H2,19,20,22). The second-order valence-electron chi connectivity index (χ2n) is 6.63. The fourth-order valence-electron chi connectivity index (χ4n) is 2.63. The topological polar surface area (TPSA) is 91.8 Å². The summed E-state index contributed by atoms with van der Waals surface area (Å²) >= 11 is 0. The minimum Gasteiger partial charge on any atom is -0.377 e. The number of benzene rings is 1. The first-order valence-corrected chi connectivity index (χ1v) is 10.6. The van der Waals surface area contributed by atoms with Crippen LogP contribution in [0.25, 0.3) is 0 Å². The molecule has 8 heteroatoms. The van der Waals surface area contributed by atoms with Gasteiger partial charge < -0.3 is 15.4 Å². The number of nitrogens with one attached hydrogen (secondary N) is 3. The molecule has 0 aromatic heterocycles. The van der Waals surface area contributed by atoms with Crippen LogP contribution < -0.4 is 15.4 Å². The highest BCUT2D eigenvalue weighted by Crippen LogP contribution is 2.14. The average molecular weight is 383 g/mol. The summed E-state index contributed by atoms with van der Waals surface area (Å²) in [4.78, 5) is 4.78. The molecule has 1 aliphatic rings. The van der Waals surface area contributed by atoms with E-state index >= 15 is 0 Å². The van der Waals surface area contributed by atoms with Gasteiger partial charge in [-0.15, -0.1) is 0 Å². The normalized spacial score (nSPS) is 18.3. The zero-order valence-corrected chi connectivity index (χ0v) is 16.6. The van der Waals surface area contributed by atoms with Crippen LogP contribution in [-0.4, -0.2) is 46.2 Å². The molecular formula is C18H30N4O3S. The molecule has 0 saturated carbocycles. The maximum atomic E-state index is 12.4. The van der Waals surface area contributed by atoms with Crippen molar-refractivity contribution in [2.75, 3.05) is 19.7 Å². The van der Waals surface area contributed by atoms with Gasteiger partial charge in [-0.05, 0) is 51.3 Å². The Morgan fingerprint density at radius 2 is 2.04 bits per heavy atom. The van der Waals surface area contributed by atoms with Crippen LogP contribution in [0.5, 0.6) is 0 Å². The summed E-state index contributed by atoms with van der Waals surface area (Å²) in [5.41, 5.74) is 0.948. The number of ether oxygens (including phenoxy) is 1. The lowest BCUT2D eigenvalue weighted by Crippen LogP contribution is -2.41. The second kappa shape index (κ2) is 9.89. The Kier molecular flexibility index (Phi) is 7.86. The predicted octanol–water partition coefficient (Wildman–Crippen LogP) is 1.61. The Bertz CT molecular complexity index is 681. The summed E-state index contributed by atoms with van der Waals surface area (Å²) in [5, 5.41) is 6.44. The number of sulfonamides is 1. The molecule has 26 heavy (non-hydrogen) atoms. The van der Waals surface area contributed by atoms with Crippen molar-refractivity contribution in [3.63, 3.8) is 0 Å². The van der Waals surface area contributed by atoms with Crippen LogP contribution in [0.1, 0.15) is 39.2 Å². The van der Waals surface area contributed by atoms with E-state index in [1.807, 2.05) is 6.92 Å². The molecule has 1 atom stereocenters. The molecule has 1 aliphatic heterocycles. The molecule has 2 rings (SSSR count). The SMILES string of the molecule is CCNC(=NCc1ccc(S(=O)(=O)NCC2CCCO2)cc1)NC(C)C. The largest absolute Gasteiger partial charge is 0.377 e. The van der Waals surface area contributed by atoms with E-state index in [9.17, 15) is 8.42 Å². The van der Waals surface area contributed by atoms with Gasteiger partial charge in [-0.1, -0.05) is 12.1 Å². The molecule has 146 valence electrons. The molecule has 0 radical (unpaired) electrons. The van der Waals surface area contributed by atoms with Crippen LogP contribution in [-0.2, 0) is 21.3 Å². The maximum Gasteiger partial charge on any atom is 0.240 e. The highest BCUT2D eigenvalue weighted by atomic mass is 32.2. The van der Waals surface area contributed by atoms with Gasteiger partial charge in [0.25, 0.3) is 0 Å². The lowest BCUT2D eigenvalue weighted by atomic mass is 10.2. The van der Waals surface area contributed by atoms with Gasteiger partial charge in [0.1, 0.15) is 0 Å². The van der Waals surface area contributed by atoms with Crippen LogP contribution in [0, 0.1) is 0 Å². The summed E-state index contributed by atoms with van der Waals surface area (Å²) in [7, 11) is -3.51. The molecule has 1 heterocycles. The third-order valence-electron chi connectivity index (χ3n) is 3.95. The van der Waals surface area contributed by atoms with E-state index in [0.717, 1.165) is 30.9 Å². The minimum absolute atomic E-state index is 0.0173. The molecule has 1 aromatic rings. The van der Waals surface area contributed by atoms with Gasteiger partial charge in [0, 0.05) is 25.7 Å². The second-order valence-corrected chi connectivity index (χ2v) is 8.39. The van der Waals surface area contributed by atoms with Crippen molar-refractivity contribution in [2.24, 2.45) is 4.99 Å². The summed E-state index contributed by atoms with van der Waals surface area (Å²) in [6, 6.07) is 7.11. The van der Waals surface area contributed by atoms with E-state index in [1.54, 1.807) is 24.3 Å². The molecule has 0 spiro atoms. The Labute approximate surface area is 156 Å². The first-order valence-electron chi connectivity index (χ1n) is 9.15. The van der Waals surface area contributed by atoms with E-state index in [2.05, 4.69) is 34.2 Å². The van der Waals surface area contributed by atoms with E-state index in [0.29, 0.717) is 19.7 Å². The van der Waals surface area contributed by atoms with Gasteiger partial charge in [0.05, 0.1) is 17.5 Å². The maximum absolute atomic E-state index is 12.4. The third-order valence-corrected chi connectivity index (χ3v) is 5.39.